The van der Waals surface area contributed by atoms with Crippen molar-refractivity contribution in [3.63, 3.8) is 0 Å². The molecule has 0 atom stereocenters. The summed E-state index contributed by atoms with van der Waals surface area (Å²) in [4.78, 5) is 11.8. The fourth-order valence-electron chi connectivity index (χ4n) is 1.54. The third-order valence-electron chi connectivity index (χ3n) is 2.28. The van der Waals surface area contributed by atoms with Crippen LogP contribution >= 0.6 is 0 Å². The Balaban J connectivity index is 2.27. The highest BCUT2D eigenvalue weighted by molar-refractivity contribution is 6.07. The molecule has 0 unspecified atom stereocenters. The van der Waals surface area contributed by atoms with Gasteiger partial charge in [0, 0.05) is 7.05 Å². The number of hydrogen-bond acceptors (Lipinski definition) is 3. The molecule has 1 aromatic heterocycles. The molecule has 2 rings (SSSR count). The van der Waals surface area contributed by atoms with Crippen LogP contribution < -0.4 is 0 Å². The maximum Gasteiger partial charge on any atom is 0.208 e. The van der Waals surface area contributed by atoms with E-state index in [4.69, 9.17) is 0 Å². The molecule has 0 aromatic carbocycles. The van der Waals surface area contributed by atoms with Crippen LogP contribution in [0.4, 0.5) is 0 Å². The number of carbonyl (C=O) groups excluding carboxylic acids is 1. The smallest absolute Gasteiger partial charge is 0.208 e. The number of allylic oxidation sites excluding steroid dienone is 2. The molecule has 0 saturated carbocycles. The first-order chi connectivity index (χ1) is 6.29. The molecule has 0 amide bonds. The Labute approximate surface area is 76.2 Å². The van der Waals surface area contributed by atoms with Gasteiger partial charge in [-0.15, -0.1) is 5.10 Å². The normalized spacial score (nSPS) is 15.9. The van der Waals surface area contributed by atoms with Crippen molar-refractivity contribution in [2.24, 2.45) is 7.05 Å². The first-order valence-electron chi connectivity index (χ1n) is 4.37. The molecule has 0 aliphatic heterocycles. The van der Waals surface area contributed by atoms with E-state index in [0.717, 1.165) is 24.8 Å². The zero-order chi connectivity index (χ0) is 9.26. The molecule has 1 aromatic rings. The summed E-state index contributed by atoms with van der Waals surface area (Å²) in [5.74, 6) is 0.0741. The number of hydrogen-bond donors (Lipinski definition) is 0. The molecule has 0 saturated heterocycles. The molecular formula is C9H11N3O. The van der Waals surface area contributed by atoms with Crippen LogP contribution in [0.2, 0.25) is 0 Å². The summed E-state index contributed by atoms with van der Waals surface area (Å²) < 4.78 is 1.52. The lowest BCUT2D eigenvalue weighted by Gasteiger charge is -1.99. The molecular weight excluding hydrogens is 166 g/mol. The van der Waals surface area contributed by atoms with Crippen molar-refractivity contribution in [3.05, 3.63) is 23.5 Å². The number of rotatable bonds is 2. The van der Waals surface area contributed by atoms with Crippen LogP contribution in [0.15, 0.2) is 17.8 Å². The highest BCUT2D eigenvalue weighted by atomic mass is 16.1. The Morgan fingerprint density at radius 2 is 2.46 bits per heavy atom. The largest absolute Gasteiger partial charge is 0.287 e. The first-order valence-corrected chi connectivity index (χ1v) is 4.37. The molecule has 4 heteroatoms. The number of aromatic nitrogens is 3. The van der Waals surface area contributed by atoms with Crippen LogP contribution in [0.5, 0.6) is 0 Å². The molecule has 0 fully saturated rings. The second-order valence-corrected chi connectivity index (χ2v) is 3.19. The van der Waals surface area contributed by atoms with Gasteiger partial charge in [0.05, 0.1) is 6.20 Å². The van der Waals surface area contributed by atoms with Crippen molar-refractivity contribution in [1.29, 1.82) is 0 Å². The number of Topliss-reactive ketones (excluding diaryl/α,β-unsaturated/α-hetero) is 1. The van der Waals surface area contributed by atoms with Crippen LogP contribution in [0.1, 0.15) is 29.8 Å². The second-order valence-electron chi connectivity index (χ2n) is 3.19. The van der Waals surface area contributed by atoms with E-state index in [1.807, 2.05) is 6.08 Å². The lowest BCUT2D eigenvalue weighted by molar-refractivity contribution is 0.102. The van der Waals surface area contributed by atoms with Gasteiger partial charge in [-0.3, -0.25) is 4.79 Å². The molecule has 1 heterocycles. The van der Waals surface area contributed by atoms with Gasteiger partial charge in [-0.25, -0.2) is 4.68 Å². The number of aryl methyl sites for hydroxylation is 1. The zero-order valence-electron chi connectivity index (χ0n) is 7.53. The highest BCUT2D eigenvalue weighted by Crippen LogP contribution is 2.20. The molecule has 68 valence electrons. The lowest BCUT2D eigenvalue weighted by atomic mass is 10.1. The Hall–Kier alpha value is -1.45. The monoisotopic (exact) mass is 177 g/mol. The van der Waals surface area contributed by atoms with E-state index in [2.05, 4.69) is 10.3 Å². The summed E-state index contributed by atoms with van der Waals surface area (Å²) >= 11 is 0. The Morgan fingerprint density at radius 1 is 1.62 bits per heavy atom. The Morgan fingerprint density at radius 3 is 3.00 bits per heavy atom. The van der Waals surface area contributed by atoms with E-state index < -0.39 is 0 Å². The number of nitrogens with zero attached hydrogens (tertiary/aromatic N) is 3. The average Bonchev–Trinajstić information content (AvgIpc) is 2.72. The van der Waals surface area contributed by atoms with Crippen molar-refractivity contribution in [2.45, 2.75) is 19.3 Å². The Bertz CT molecular complexity index is 365. The van der Waals surface area contributed by atoms with Crippen molar-refractivity contribution < 1.29 is 4.79 Å². The summed E-state index contributed by atoms with van der Waals surface area (Å²) in [6.07, 6.45) is 6.53. The minimum absolute atomic E-state index is 0.0741. The molecule has 1 aliphatic rings. The van der Waals surface area contributed by atoms with Crippen LogP contribution in [0, 0.1) is 0 Å². The summed E-state index contributed by atoms with van der Waals surface area (Å²) in [6.45, 7) is 0. The number of carbonyl (C=O) groups is 1. The van der Waals surface area contributed by atoms with Gasteiger partial charge < -0.3 is 0 Å². The van der Waals surface area contributed by atoms with Crippen molar-refractivity contribution in [1.82, 2.24) is 15.0 Å². The fraction of sp³-hybridized carbons (Fsp3) is 0.444. The molecule has 1 aliphatic carbocycles. The van der Waals surface area contributed by atoms with Crippen LogP contribution in [-0.4, -0.2) is 20.8 Å². The standard InChI is InChI=1S/C9H11N3O/c1-12-8(6-10-11-12)9(13)7-4-2-3-5-7/h4,6H,2-3,5H2,1H3. The van der Waals surface area contributed by atoms with Gasteiger partial charge in [0.2, 0.25) is 5.78 Å². The summed E-state index contributed by atoms with van der Waals surface area (Å²) in [6, 6.07) is 0. The first kappa shape index (κ1) is 8.16. The molecule has 0 N–H and O–H groups in total. The summed E-state index contributed by atoms with van der Waals surface area (Å²) in [7, 11) is 1.73. The molecule has 13 heavy (non-hydrogen) atoms. The van der Waals surface area contributed by atoms with Crippen molar-refractivity contribution in [2.75, 3.05) is 0 Å². The van der Waals surface area contributed by atoms with E-state index in [0.29, 0.717) is 5.69 Å². The van der Waals surface area contributed by atoms with Gasteiger partial charge >= 0.3 is 0 Å². The van der Waals surface area contributed by atoms with E-state index in [1.54, 1.807) is 7.05 Å². The predicted octanol–water partition coefficient (Wildman–Crippen LogP) is 1.11. The van der Waals surface area contributed by atoms with Crippen molar-refractivity contribution >= 4 is 5.78 Å². The van der Waals surface area contributed by atoms with Gasteiger partial charge in [0.15, 0.2) is 0 Å². The molecule has 0 spiro atoms. The van der Waals surface area contributed by atoms with Crippen LogP contribution in [0.25, 0.3) is 0 Å². The van der Waals surface area contributed by atoms with Gasteiger partial charge in [0.25, 0.3) is 0 Å². The second kappa shape index (κ2) is 3.12. The SMILES string of the molecule is Cn1nncc1C(=O)C1=CCCC1. The van der Waals surface area contributed by atoms with E-state index in [-0.39, 0.29) is 5.78 Å². The third-order valence-corrected chi connectivity index (χ3v) is 2.28. The Kier molecular flexibility index (Phi) is 1.96. The lowest BCUT2D eigenvalue weighted by Crippen LogP contribution is -2.08. The summed E-state index contributed by atoms with van der Waals surface area (Å²) in [5, 5.41) is 7.41. The van der Waals surface area contributed by atoms with Crippen LogP contribution in [-0.2, 0) is 7.05 Å². The molecule has 0 radical (unpaired) electrons. The van der Waals surface area contributed by atoms with Crippen LogP contribution in [0.3, 0.4) is 0 Å². The van der Waals surface area contributed by atoms with E-state index >= 15 is 0 Å². The van der Waals surface area contributed by atoms with Gasteiger partial charge in [-0.1, -0.05) is 11.3 Å². The van der Waals surface area contributed by atoms with Gasteiger partial charge in [-0.2, -0.15) is 0 Å². The van der Waals surface area contributed by atoms with Gasteiger partial charge in [-0.05, 0) is 24.8 Å². The predicted molar refractivity (Wildman–Crippen MR) is 47.3 cm³/mol. The van der Waals surface area contributed by atoms with E-state index in [1.165, 1.54) is 10.9 Å². The number of ketones is 1. The molecule has 0 bridgehead atoms. The summed E-state index contributed by atoms with van der Waals surface area (Å²) in [5.41, 5.74) is 1.48. The van der Waals surface area contributed by atoms with Crippen molar-refractivity contribution in [3.8, 4) is 0 Å². The average molecular weight is 177 g/mol. The fourth-order valence-corrected chi connectivity index (χ4v) is 1.54. The quantitative estimate of drug-likeness (QED) is 0.636. The topological polar surface area (TPSA) is 47.8 Å². The van der Waals surface area contributed by atoms with Gasteiger partial charge in [0.1, 0.15) is 5.69 Å². The maximum atomic E-state index is 11.8. The highest BCUT2D eigenvalue weighted by Gasteiger charge is 2.18. The minimum atomic E-state index is 0.0741. The van der Waals surface area contributed by atoms with E-state index in [9.17, 15) is 4.79 Å². The third kappa shape index (κ3) is 1.39. The molecule has 4 nitrogen and oxygen atoms in total. The minimum Gasteiger partial charge on any atom is -0.287 e. The maximum absolute atomic E-state index is 11.8. The zero-order valence-corrected chi connectivity index (χ0v) is 7.53.